The number of aliphatic hydroxyl groups is 1. The van der Waals surface area contributed by atoms with E-state index in [0.29, 0.717) is 12.3 Å². The number of carbonyl (C=O) groups excluding carboxylic acids is 1. The first-order valence-electron chi connectivity index (χ1n) is 8.58. The molecule has 0 aromatic carbocycles. The van der Waals surface area contributed by atoms with Crippen molar-refractivity contribution >= 4 is 11.8 Å². The lowest BCUT2D eigenvalue weighted by Crippen LogP contribution is -2.37. The molecule has 0 aliphatic carbocycles. The zero-order valence-corrected chi connectivity index (χ0v) is 14.4. The van der Waals surface area contributed by atoms with Gasteiger partial charge in [-0.3, -0.25) is 0 Å². The maximum atomic E-state index is 12.0. The van der Waals surface area contributed by atoms with Crippen LogP contribution < -0.4 is 15.5 Å². The van der Waals surface area contributed by atoms with Gasteiger partial charge >= 0.3 is 6.03 Å². The second kappa shape index (κ2) is 8.02. The van der Waals surface area contributed by atoms with Crippen molar-refractivity contribution in [2.75, 3.05) is 24.5 Å². The highest BCUT2D eigenvalue weighted by atomic mass is 16.4. The lowest BCUT2D eigenvalue weighted by molar-refractivity contribution is 0.148. The van der Waals surface area contributed by atoms with Crippen molar-refractivity contribution in [3.05, 3.63) is 47.5 Å². The standard InChI is InChI=1S/C18H24N4O3/c1-13-6-7-14(17(21-13)22-8-2-3-9-22)11-19-18(24)20-12-15(23)16-5-4-10-25-16/h4-7,10,15,23H,2-3,8-9,11-12H2,1H3,(H2,19,20,24). The normalized spacial score (nSPS) is 15.2. The number of furan rings is 1. The number of rotatable bonds is 6. The van der Waals surface area contributed by atoms with Crippen LogP contribution >= 0.6 is 0 Å². The lowest BCUT2D eigenvalue weighted by atomic mass is 10.2. The summed E-state index contributed by atoms with van der Waals surface area (Å²) in [5.74, 6) is 1.38. The number of carbonyl (C=O) groups is 1. The summed E-state index contributed by atoms with van der Waals surface area (Å²) >= 11 is 0. The molecule has 1 atom stereocenters. The van der Waals surface area contributed by atoms with E-state index in [4.69, 9.17) is 4.42 Å². The molecule has 0 saturated carbocycles. The monoisotopic (exact) mass is 344 g/mol. The molecule has 2 amide bonds. The summed E-state index contributed by atoms with van der Waals surface area (Å²) in [7, 11) is 0. The van der Waals surface area contributed by atoms with Gasteiger partial charge in [0.25, 0.3) is 0 Å². The summed E-state index contributed by atoms with van der Waals surface area (Å²) in [4.78, 5) is 18.9. The third-order valence-corrected chi connectivity index (χ3v) is 4.27. The van der Waals surface area contributed by atoms with Crippen molar-refractivity contribution < 1.29 is 14.3 Å². The molecule has 134 valence electrons. The number of aliphatic hydroxyl groups excluding tert-OH is 1. The van der Waals surface area contributed by atoms with E-state index in [0.717, 1.165) is 30.2 Å². The molecule has 3 N–H and O–H groups in total. The van der Waals surface area contributed by atoms with Crippen LogP contribution in [0.15, 0.2) is 34.9 Å². The number of pyridine rings is 1. The Morgan fingerprint density at radius 3 is 2.84 bits per heavy atom. The highest BCUT2D eigenvalue weighted by Gasteiger charge is 2.18. The molecule has 7 nitrogen and oxygen atoms in total. The summed E-state index contributed by atoms with van der Waals surface area (Å²) in [5, 5.41) is 15.4. The summed E-state index contributed by atoms with van der Waals surface area (Å²) in [6, 6.07) is 7.00. The molecule has 0 spiro atoms. The first kappa shape index (κ1) is 17.3. The summed E-state index contributed by atoms with van der Waals surface area (Å²) < 4.78 is 5.11. The number of anilines is 1. The van der Waals surface area contributed by atoms with Gasteiger partial charge in [-0.25, -0.2) is 9.78 Å². The third kappa shape index (κ3) is 4.51. The zero-order chi connectivity index (χ0) is 17.6. The topological polar surface area (TPSA) is 90.6 Å². The average Bonchev–Trinajstić information content (AvgIpc) is 3.31. The highest BCUT2D eigenvalue weighted by molar-refractivity contribution is 5.74. The van der Waals surface area contributed by atoms with Crippen molar-refractivity contribution in [2.24, 2.45) is 0 Å². The second-order valence-electron chi connectivity index (χ2n) is 6.22. The highest BCUT2D eigenvalue weighted by Crippen LogP contribution is 2.22. The molecular formula is C18H24N4O3. The molecule has 3 heterocycles. The van der Waals surface area contributed by atoms with E-state index in [-0.39, 0.29) is 12.6 Å². The van der Waals surface area contributed by atoms with E-state index in [2.05, 4.69) is 20.5 Å². The maximum absolute atomic E-state index is 12.0. The van der Waals surface area contributed by atoms with Crippen LogP contribution in [-0.4, -0.2) is 35.8 Å². The largest absolute Gasteiger partial charge is 0.467 e. The van der Waals surface area contributed by atoms with Gasteiger partial charge in [0.05, 0.1) is 12.8 Å². The quantitative estimate of drug-likeness (QED) is 0.747. The van der Waals surface area contributed by atoms with Crippen molar-refractivity contribution in [3.8, 4) is 0 Å². The van der Waals surface area contributed by atoms with Crippen LogP contribution in [0, 0.1) is 6.92 Å². The molecule has 1 aliphatic heterocycles. The Balaban J connectivity index is 1.53. The molecule has 25 heavy (non-hydrogen) atoms. The van der Waals surface area contributed by atoms with Crippen LogP contribution in [0.2, 0.25) is 0 Å². The Bertz CT molecular complexity index is 696. The van der Waals surface area contributed by atoms with Crippen molar-refractivity contribution in [1.82, 2.24) is 15.6 Å². The van der Waals surface area contributed by atoms with E-state index in [1.807, 2.05) is 19.1 Å². The first-order chi connectivity index (χ1) is 12.1. The van der Waals surface area contributed by atoms with Gasteiger partial charge in [0.1, 0.15) is 17.7 Å². The number of hydrogen-bond donors (Lipinski definition) is 3. The minimum Gasteiger partial charge on any atom is -0.467 e. The van der Waals surface area contributed by atoms with E-state index in [1.54, 1.807) is 12.1 Å². The molecule has 2 aromatic rings. The summed E-state index contributed by atoms with van der Waals surface area (Å²) in [5.41, 5.74) is 1.96. The number of aromatic nitrogens is 1. The molecule has 1 saturated heterocycles. The van der Waals surface area contributed by atoms with Gasteiger partial charge in [0, 0.05) is 30.9 Å². The Hall–Kier alpha value is -2.54. The summed E-state index contributed by atoms with van der Waals surface area (Å²) in [6.45, 7) is 4.46. The van der Waals surface area contributed by atoms with E-state index >= 15 is 0 Å². The van der Waals surface area contributed by atoms with E-state index < -0.39 is 6.10 Å². The fourth-order valence-electron chi connectivity index (χ4n) is 2.92. The fourth-order valence-corrected chi connectivity index (χ4v) is 2.92. The SMILES string of the molecule is Cc1ccc(CNC(=O)NCC(O)c2ccco2)c(N2CCCC2)n1. The van der Waals surface area contributed by atoms with E-state index in [9.17, 15) is 9.90 Å². The Morgan fingerprint density at radius 1 is 1.32 bits per heavy atom. The number of amides is 2. The van der Waals surface area contributed by atoms with Gasteiger partial charge in [-0.15, -0.1) is 0 Å². The molecule has 1 unspecified atom stereocenters. The molecule has 0 bridgehead atoms. The number of nitrogens with zero attached hydrogens (tertiary/aromatic N) is 2. The van der Waals surface area contributed by atoms with Gasteiger partial charge in [-0.2, -0.15) is 0 Å². The fraction of sp³-hybridized carbons (Fsp3) is 0.444. The van der Waals surface area contributed by atoms with Crippen LogP contribution in [0.3, 0.4) is 0 Å². The molecule has 0 radical (unpaired) electrons. The lowest BCUT2D eigenvalue weighted by Gasteiger charge is -2.21. The van der Waals surface area contributed by atoms with Gasteiger partial charge in [0.2, 0.25) is 0 Å². The Labute approximate surface area is 147 Å². The molecule has 3 rings (SSSR count). The Kier molecular flexibility index (Phi) is 5.55. The predicted octanol–water partition coefficient (Wildman–Crippen LogP) is 2.12. The molecule has 1 fully saturated rings. The van der Waals surface area contributed by atoms with E-state index in [1.165, 1.54) is 19.1 Å². The number of nitrogens with one attached hydrogen (secondary N) is 2. The molecular weight excluding hydrogens is 320 g/mol. The molecule has 2 aromatic heterocycles. The van der Waals surface area contributed by atoms with Crippen molar-refractivity contribution in [3.63, 3.8) is 0 Å². The minimum absolute atomic E-state index is 0.0878. The number of aryl methyl sites for hydroxylation is 1. The second-order valence-corrected chi connectivity index (χ2v) is 6.22. The smallest absolute Gasteiger partial charge is 0.315 e. The van der Waals surface area contributed by atoms with Crippen LogP contribution in [0.1, 0.15) is 36.0 Å². The molecule has 1 aliphatic rings. The first-order valence-corrected chi connectivity index (χ1v) is 8.58. The Morgan fingerprint density at radius 2 is 2.12 bits per heavy atom. The van der Waals surface area contributed by atoms with Crippen LogP contribution in [0.25, 0.3) is 0 Å². The molecule has 7 heteroatoms. The predicted molar refractivity (Wildman–Crippen MR) is 94.3 cm³/mol. The van der Waals surface area contributed by atoms with Gasteiger partial charge in [-0.1, -0.05) is 6.07 Å². The van der Waals surface area contributed by atoms with Gasteiger partial charge < -0.3 is 25.1 Å². The minimum atomic E-state index is -0.859. The zero-order valence-electron chi connectivity index (χ0n) is 14.4. The summed E-state index contributed by atoms with van der Waals surface area (Å²) in [6.07, 6.45) is 2.98. The maximum Gasteiger partial charge on any atom is 0.315 e. The number of urea groups is 1. The van der Waals surface area contributed by atoms with Crippen molar-refractivity contribution in [2.45, 2.75) is 32.4 Å². The van der Waals surface area contributed by atoms with Crippen LogP contribution in [0.5, 0.6) is 0 Å². The van der Waals surface area contributed by atoms with Gasteiger partial charge in [0.15, 0.2) is 0 Å². The third-order valence-electron chi connectivity index (χ3n) is 4.27. The van der Waals surface area contributed by atoms with Gasteiger partial charge in [-0.05, 0) is 38.0 Å². The number of hydrogen-bond acceptors (Lipinski definition) is 5. The average molecular weight is 344 g/mol. The van der Waals surface area contributed by atoms with Crippen LogP contribution in [-0.2, 0) is 6.54 Å². The van der Waals surface area contributed by atoms with Crippen LogP contribution in [0.4, 0.5) is 10.6 Å². The van der Waals surface area contributed by atoms with Crippen molar-refractivity contribution in [1.29, 1.82) is 0 Å².